The fourth-order valence-corrected chi connectivity index (χ4v) is 4.00. The Bertz CT molecular complexity index is 590. The first-order chi connectivity index (χ1) is 9.27. The molecule has 0 aromatic carbocycles. The number of likely N-dealkylation sites (tertiary alicyclic amines) is 1. The maximum Gasteiger partial charge on any atom is 0.317 e. The normalized spacial score (nSPS) is 19.4. The molecule has 20 heavy (non-hydrogen) atoms. The van der Waals surface area contributed by atoms with E-state index in [0.29, 0.717) is 19.5 Å². The Morgan fingerprint density at radius 3 is 2.70 bits per heavy atom. The zero-order valence-electron chi connectivity index (χ0n) is 11.8. The van der Waals surface area contributed by atoms with E-state index in [-0.39, 0.29) is 12.6 Å². The summed E-state index contributed by atoms with van der Waals surface area (Å²) in [4.78, 5) is 19.0. The van der Waals surface area contributed by atoms with Gasteiger partial charge in [-0.1, -0.05) is 0 Å². The maximum absolute atomic E-state index is 12.0. The van der Waals surface area contributed by atoms with Crippen LogP contribution in [0.1, 0.15) is 22.0 Å². The third-order valence-electron chi connectivity index (χ3n) is 3.50. The average Bonchev–Trinajstić information content (AvgIpc) is 2.94. The van der Waals surface area contributed by atoms with Crippen molar-refractivity contribution in [2.24, 2.45) is 0 Å². The molecule has 1 aromatic rings. The lowest BCUT2D eigenvalue weighted by atomic mass is 10.4. The molecule has 1 fully saturated rings. The number of rotatable bonds is 3. The molecule has 1 aromatic heterocycles. The number of sulfone groups is 1. The highest BCUT2D eigenvalue weighted by Gasteiger charge is 2.32. The molecule has 112 valence electrons. The first-order valence-electron chi connectivity index (χ1n) is 6.42. The van der Waals surface area contributed by atoms with Gasteiger partial charge < -0.3 is 10.2 Å². The fourth-order valence-electron chi connectivity index (χ4n) is 2.14. The molecule has 8 heteroatoms. The van der Waals surface area contributed by atoms with E-state index in [0.717, 1.165) is 15.6 Å². The molecule has 1 N–H and O–H groups in total. The van der Waals surface area contributed by atoms with Gasteiger partial charge in [0.15, 0.2) is 9.84 Å². The van der Waals surface area contributed by atoms with E-state index in [4.69, 9.17) is 0 Å². The summed E-state index contributed by atoms with van der Waals surface area (Å²) < 4.78 is 22.9. The molecule has 0 aliphatic carbocycles. The highest BCUT2D eigenvalue weighted by atomic mass is 32.2. The summed E-state index contributed by atoms with van der Waals surface area (Å²) in [5, 5.41) is 3.23. The van der Waals surface area contributed by atoms with Crippen LogP contribution in [0.2, 0.25) is 0 Å². The Balaban J connectivity index is 1.87. The van der Waals surface area contributed by atoms with Crippen molar-refractivity contribution >= 4 is 27.2 Å². The molecule has 6 nitrogen and oxygen atoms in total. The Hall–Kier alpha value is -1.15. The van der Waals surface area contributed by atoms with Crippen molar-refractivity contribution < 1.29 is 13.2 Å². The standard InChI is InChI=1S/C12H19N3O3S2/c1-8-9(2)19-11(14-8)6-13-12(16)15-5-4-10(7-15)20(3,17)18/h10H,4-7H2,1-3H3,(H,13,16)/t10-/m0/s1. The molecular formula is C12H19N3O3S2. The molecule has 0 bridgehead atoms. The van der Waals surface area contributed by atoms with E-state index < -0.39 is 15.1 Å². The maximum atomic E-state index is 12.0. The number of carbonyl (C=O) groups is 1. The molecule has 1 saturated heterocycles. The van der Waals surface area contributed by atoms with E-state index in [2.05, 4.69) is 10.3 Å². The topological polar surface area (TPSA) is 79.4 Å². The van der Waals surface area contributed by atoms with Crippen molar-refractivity contribution in [2.75, 3.05) is 19.3 Å². The van der Waals surface area contributed by atoms with Crippen molar-refractivity contribution in [3.05, 3.63) is 15.6 Å². The van der Waals surface area contributed by atoms with Crippen LogP contribution in [0.15, 0.2) is 0 Å². The van der Waals surface area contributed by atoms with E-state index in [1.165, 1.54) is 6.26 Å². The van der Waals surface area contributed by atoms with Crippen LogP contribution in [0.25, 0.3) is 0 Å². The van der Waals surface area contributed by atoms with Crippen LogP contribution in [0.3, 0.4) is 0 Å². The minimum absolute atomic E-state index is 0.221. The van der Waals surface area contributed by atoms with Gasteiger partial charge in [-0.3, -0.25) is 0 Å². The summed E-state index contributed by atoms with van der Waals surface area (Å²) >= 11 is 1.56. The van der Waals surface area contributed by atoms with E-state index in [9.17, 15) is 13.2 Å². The monoisotopic (exact) mass is 317 g/mol. The van der Waals surface area contributed by atoms with Crippen molar-refractivity contribution in [3.8, 4) is 0 Å². The van der Waals surface area contributed by atoms with Crippen molar-refractivity contribution in [3.63, 3.8) is 0 Å². The van der Waals surface area contributed by atoms with Gasteiger partial charge in [0, 0.05) is 24.2 Å². The molecular weight excluding hydrogens is 298 g/mol. The summed E-state index contributed by atoms with van der Waals surface area (Å²) in [6, 6.07) is -0.221. The zero-order chi connectivity index (χ0) is 14.9. The lowest BCUT2D eigenvalue weighted by Gasteiger charge is -2.16. The molecule has 1 aliphatic rings. The molecule has 0 radical (unpaired) electrons. The Morgan fingerprint density at radius 1 is 1.50 bits per heavy atom. The molecule has 2 heterocycles. The van der Waals surface area contributed by atoms with Crippen LogP contribution >= 0.6 is 11.3 Å². The number of nitrogens with one attached hydrogen (secondary N) is 1. The number of carbonyl (C=O) groups excluding carboxylic acids is 1. The van der Waals surface area contributed by atoms with E-state index in [1.807, 2.05) is 13.8 Å². The predicted octanol–water partition coefficient (Wildman–Crippen LogP) is 1.09. The number of hydrogen-bond donors (Lipinski definition) is 1. The van der Waals surface area contributed by atoms with Gasteiger partial charge in [-0.2, -0.15) is 0 Å². The smallest absolute Gasteiger partial charge is 0.317 e. The second kappa shape index (κ2) is 5.69. The van der Waals surface area contributed by atoms with Gasteiger partial charge in [-0.15, -0.1) is 11.3 Å². The van der Waals surface area contributed by atoms with E-state index >= 15 is 0 Å². The van der Waals surface area contributed by atoms with Gasteiger partial charge in [-0.05, 0) is 20.3 Å². The van der Waals surface area contributed by atoms with Crippen LogP contribution in [0, 0.1) is 13.8 Å². The highest BCUT2D eigenvalue weighted by Crippen LogP contribution is 2.18. The third kappa shape index (κ3) is 3.49. The van der Waals surface area contributed by atoms with Crippen LogP contribution in [0.4, 0.5) is 4.79 Å². The zero-order valence-corrected chi connectivity index (χ0v) is 13.5. The summed E-state index contributed by atoms with van der Waals surface area (Å²) in [5.74, 6) is 0. The second-order valence-electron chi connectivity index (χ2n) is 5.09. The van der Waals surface area contributed by atoms with Crippen molar-refractivity contribution in [1.82, 2.24) is 15.2 Å². The highest BCUT2D eigenvalue weighted by molar-refractivity contribution is 7.91. The molecule has 0 unspecified atom stereocenters. The number of thiazole rings is 1. The van der Waals surface area contributed by atoms with Crippen LogP contribution in [-0.4, -0.2) is 48.9 Å². The number of amides is 2. The summed E-state index contributed by atoms with van der Waals surface area (Å²) in [6.07, 6.45) is 1.74. The minimum atomic E-state index is -3.07. The Labute approximate surface area is 123 Å². The van der Waals surface area contributed by atoms with Gasteiger partial charge in [0.05, 0.1) is 17.5 Å². The quantitative estimate of drug-likeness (QED) is 0.905. The van der Waals surface area contributed by atoms with Crippen molar-refractivity contribution in [1.29, 1.82) is 0 Å². The molecule has 1 atom stereocenters. The van der Waals surface area contributed by atoms with Gasteiger partial charge in [-0.25, -0.2) is 18.2 Å². The summed E-state index contributed by atoms with van der Waals surface area (Å²) in [6.45, 7) is 5.09. The lowest BCUT2D eigenvalue weighted by Crippen LogP contribution is -2.39. The second-order valence-corrected chi connectivity index (χ2v) is 8.71. The largest absolute Gasteiger partial charge is 0.331 e. The molecule has 2 amide bonds. The molecule has 1 aliphatic heterocycles. The van der Waals surface area contributed by atoms with Crippen LogP contribution < -0.4 is 5.32 Å². The number of hydrogen-bond acceptors (Lipinski definition) is 5. The van der Waals surface area contributed by atoms with Gasteiger partial charge >= 0.3 is 6.03 Å². The first-order valence-corrected chi connectivity index (χ1v) is 9.19. The molecule has 0 spiro atoms. The van der Waals surface area contributed by atoms with Crippen LogP contribution in [0.5, 0.6) is 0 Å². The average molecular weight is 317 g/mol. The molecule has 2 rings (SSSR count). The number of urea groups is 1. The Kier molecular flexibility index (Phi) is 4.33. The predicted molar refractivity (Wildman–Crippen MR) is 78.6 cm³/mol. The Morgan fingerprint density at radius 2 is 2.20 bits per heavy atom. The minimum Gasteiger partial charge on any atom is -0.331 e. The van der Waals surface area contributed by atoms with E-state index in [1.54, 1.807) is 16.2 Å². The van der Waals surface area contributed by atoms with Gasteiger partial charge in [0.1, 0.15) is 5.01 Å². The fraction of sp³-hybridized carbons (Fsp3) is 0.667. The van der Waals surface area contributed by atoms with Gasteiger partial charge in [0.2, 0.25) is 0 Å². The SMILES string of the molecule is Cc1nc(CNC(=O)N2CC[C@H](S(C)(=O)=O)C2)sc1C. The van der Waals surface area contributed by atoms with Crippen molar-refractivity contribution in [2.45, 2.75) is 32.1 Å². The number of aromatic nitrogens is 1. The molecule has 0 saturated carbocycles. The number of aryl methyl sites for hydroxylation is 2. The first kappa shape index (κ1) is 15.2. The summed E-state index contributed by atoms with van der Waals surface area (Å²) in [5.41, 5.74) is 0.984. The number of nitrogens with zero attached hydrogens (tertiary/aromatic N) is 2. The van der Waals surface area contributed by atoms with Crippen LogP contribution in [-0.2, 0) is 16.4 Å². The lowest BCUT2D eigenvalue weighted by molar-refractivity contribution is 0.208. The third-order valence-corrected chi connectivity index (χ3v) is 6.17. The summed E-state index contributed by atoms with van der Waals surface area (Å²) in [7, 11) is -3.07. The van der Waals surface area contributed by atoms with Gasteiger partial charge in [0.25, 0.3) is 0 Å².